The van der Waals surface area contributed by atoms with Gasteiger partial charge in [0.2, 0.25) is 0 Å². The molecular formula is C15H16N2O2. The third-order valence-corrected chi connectivity index (χ3v) is 2.96. The highest BCUT2D eigenvalue weighted by Gasteiger charge is 2.24. The number of amides is 1. The molecule has 0 spiro atoms. The number of carbonyl (C=O) groups excluding carboxylic acids is 1. The van der Waals surface area contributed by atoms with Crippen LogP contribution in [0.4, 0.5) is 0 Å². The fraction of sp³-hybridized carbons (Fsp3) is 0.333. The number of aryl methyl sites for hydroxylation is 1. The maximum atomic E-state index is 11.9. The van der Waals surface area contributed by atoms with Crippen LogP contribution in [0.2, 0.25) is 0 Å². The lowest BCUT2D eigenvalue weighted by atomic mass is 10.1. The van der Waals surface area contributed by atoms with Crippen LogP contribution in [0.1, 0.15) is 24.0 Å². The molecule has 4 nitrogen and oxygen atoms in total. The molecule has 19 heavy (non-hydrogen) atoms. The van der Waals surface area contributed by atoms with Crippen LogP contribution in [0.25, 0.3) is 6.08 Å². The summed E-state index contributed by atoms with van der Waals surface area (Å²) in [7, 11) is 1.57. The molecule has 1 aliphatic rings. The number of methoxy groups -OCH3 is 1. The Morgan fingerprint density at radius 2 is 2.26 bits per heavy atom. The molecule has 0 heterocycles. The van der Waals surface area contributed by atoms with Crippen molar-refractivity contribution in [3.8, 4) is 11.8 Å². The lowest BCUT2D eigenvalue weighted by Crippen LogP contribution is -2.26. The molecule has 1 aromatic rings. The maximum absolute atomic E-state index is 11.9. The number of rotatable bonds is 4. The summed E-state index contributed by atoms with van der Waals surface area (Å²) in [5, 5.41) is 11.9. The fourth-order valence-corrected chi connectivity index (χ4v) is 1.76. The first-order valence-corrected chi connectivity index (χ1v) is 6.21. The summed E-state index contributed by atoms with van der Waals surface area (Å²) in [5.41, 5.74) is 1.90. The summed E-state index contributed by atoms with van der Waals surface area (Å²) >= 11 is 0. The third-order valence-electron chi connectivity index (χ3n) is 2.96. The molecule has 1 N–H and O–H groups in total. The lowest BCUT2D eigenvalue weighted by Gasteiger charge is -2.07. The third kappa shape index (κ3) is 3.35. The minimum absolute atomic E-state index is 0.107. The lowest BCUT2D eigenvalue weighted by molar-refractivity contribution is -0.117. The molecule has 0 bridgehead atoms. The molecule has 0 aliphatic heterocycles. The summed E-state index contributed by atoms with van der Waals surface area (Å²) in [6.07, 6.45) is 3.57. The van der Waals surface area contributed by atoms with E-state index in [9.17, 15) is 4.79 Å². The Bertz CT molecular complexity index is 566. The van der Waals surface area contributed by atoms with Crippen LogP contribution in [0, 0.1) is 18.3 Å². The molecule has 2 rings (SSSR count). The molecular weight excluding hydrogens is 240 g/mol. The fourth-order valence-electron chi connectivity index (χ4n) is 1.76. The van der Waals surface area contributed by atoms with Crippen LogP contribution < -0.4 is 10.1 Å². The van der Waals surface area contributed by atoms with Gasteiger partial charge in [0.05, 0.1) is 7.11 Å². The Morgan fingerprint density at radius 1 is 1.53 bits per heavy atom. The van der Waals surface area contributed by atoms with Gasteiger partial charge in [0, 0.05) is 11.6 Å². The van der Waals surface area contributed by atoms with Gasteiger partial charge in [-0.05, 0) is 38.0 Å². The second-order valence-corrected chi connectivity index (χ2v) is 4.66. The second kappa shape index (κ2) is 5.57. The van der Waals surface area contributed by atoms with Gasteiger partial charge in [0.1, 0.15) is 17.4 Å². The predicted molar refractivity (Wildman–Crippen MR) is 72.5 cm³/mol. The van der Waals surface area contributed by atoms with Crippen LogP contribution in [0.3, 0.4) is 0 Å². The second-order valence-electron chi connectivity index (χ2n) is 4.66. The minimum Gasteiger partial charge on any atom is -0.496 e. The van der Waals surface area contributed by atoms with Gasteiger partial charge in [-0.2, -0.15) is 5.26 Å². The molecule has 0 atom stereocenters. The zero-order valence-corrected chi connectivity index (χ0v) is 11.1. The summed E-state index contributed by atoms with van der Waals surface area (Å²) < 4.78 is 5.23. The van der Waals surface area contributed by atoms with E-state index >= 15 is 0 Å². The molecule has 98 valence electrons. The highest BCUT2D eigenvalue weighted by Crippen LogP contribution is 2.23. The van der Waals surface area contributed by atoms with Crippen molar-refractivity contribution < 1.29 is 9.53 Å². The quantitative estimate of drug-likeness (QED) is 0.663. The number of ether oxygens (including phenoxy) is 1. The highest BCUT2D eigenvalue weighted by atomic mass is 16.5. The minimum atomic E-state index is -0.312. The van der Waals surface area contributed by atoms with Gasteiger partial charge in [0.15, 0.2) is 0 Å². The molecule has 1 aromatic carbocycles. The van der Waals surface area contributed by atoms with Gasteiger partial charge in [-0.3, -0.25) is 4.79 Å². The Hall–Kier alpha value is -2.28. The normalized spacial score (nSPS) is 14.7. The standard InChI is InChI=1S/C15H16N2O2/c1-10-3-6-14(19-2)11(7-10)8-12(9-16)15(18)17-13-4-5-13/h3,6-8,13H,4-5H2,1-2H3,(H,17,18)/b12-8+. The largest absolute Gasteiger partial charge is 0.496 e. The molecule has 1 aliphatic carbocycles. The summed E-state index contributed by atoms with van der Waals surface area (Å²) in [4.78, 5) is 11.9. The predicted octanol–water partition coefficient (Wildman–Crippen LogP) is 2.19. The van der Waals surface area contributed by atoms with Crippen LogP contribution >= 0.6 is 0 Å². The van der Waals surface area contributed by atoms with E-state index in [1.165, 1.54) is 0 Å². The van der Waals surface area contributed by atoms with Crippen LogP contribution in [-0.2, 0) is 4.79 Å². The first kappa shape index (κ1) is 13.2. The molecule has 0 radical (unpaired) electrons. The Morgan fingerprint density at radius 3 is 2.84 bits per heavy atom. The van der Waals surface area contributed by atoms with Crippen molar-refractivity contribution in [1.29, 1.82) is 5.26 Å². The topological polar surface area (TPSA) is 62.1 Å². The van der Waals surface area contributed by atoms with E-state index in [4.69, 9.17) is 10.00 Å². The van der Waals surface area contributed by atoms with Crippen molar-refractivity contribution in [1.82, 2.24) is 5.32 Å². The van der Waals surface area contributed by atoms with Gasteiger partial charge in [-0.25, -0.2) is 0 Å². The number of carbonyl (C=O) groups is 1. The molecule has 1 fully saturated rings. The summed E-state index contributed by atoms with van der Waals surface area (Å²) in [6.45, 7) is 1.95. The summed E-state index contributed by atoms with van der Waals surface area (Å²) in [5.74, 6) is 0.339. The van der Waals surface area contributed by atoms with Gasteiger partial charge in [-0.1, -0.05) is 11.6 Å². The van der Waals surface area contributed by atoms with Crippen molar-refractivity contribution in [3.63, 3.8) is 0 Å². The average Bonchev–Trinajstić information content (AvgIpc) is 3.19. The number of hydrogen-bond donors (Lipinski definition) is 1. The Kier molecular flexibility index (Phi) is 3.86. The number of hydrogen-bond acceptors (Lipinski definition) is 3. The van der Waals surface area contributed by atoms with E-state index < -0.39 is 0 Å². The van der Waals surface area contributed by atoms with Crippen molar-refractivity contribution >= 4 is 12.0 Å². The first-order valence-electron chi connectivity index (χ1n) is 6.21. The van der Waals surface area contributed by atoms with Crippen LogP contribution in [0.5, 0.6) is 5.75 Å². The maximum Gasteiger partial charge on any atom is 0.262 e. The molecule has 1 amide bonds. The van der Waals surface area contributed by atoms with E-state index in [-0.39, 0.29) is 17.5 Å². The number of nitrogens with zero attached hydrogens (tertiary/aromatic N) is 1. The molecule has 0 saturated heterocycles. The number of nitrogens with one attached hydrogen (secondary N) is 1. The zero-order chi connectivity index (χ0) is 13.8. The van der Waals surface area contributed by atoms with Crippen molar-refractivity contribution in [2.24, 2.45) is 0 Å². The molecule has 0 aromatic heterocycles. The molecule has 0 unspecified atom stereocenters. The van der Waals surface area contributed by atoms with Crippen molar-refractivity contribution in [2.75, 3.05) is 7.11 Å². The first-order chi connectivity index (χ1) is 9.13. The molecule has 4 heteroatoms. The van der Waals surface area contributed by atoms with E-state index in [0.717, 1.165) is 24.0 Å². The monoisotopic (exact) mass is 256 g/mol. The average molecular weight is 256 g/mol. The van der Waals surface area contributed by atoms with Gasteiger partial charge in [0.25, 0.3) is 5.91 Å². The Balaban J connectivity index is 2.28. The number of benzene rings is 1. The van der Waals surface area contributed by atoms with Crippen molar-refractivity contribution in [2.45, 2.75) is 25.8 Å². The summed E-state index contributed by atoms with van der Waals surface area (Å²) in [6, 6.07) is 7.83. The van der Waals surface area contributed by atoms with E-state index in [0.29, 0.717) is 5.75 Å². The smallest absolute Gasteiger partial charge is 0.262 e. The molecule has 1 saturated carbocycles. The van der Waals surface area contributed by atoms with Crippen LogP contribution in [-0.4, -0.2) is 19.1 Å². The Labute approximate surface area is 112 Å². The van der Waals surface area contributed by atoms with Gasteiger partial charge < -0.3 is 10.1 Å². The highest BCUT2D eigenvalue weighted by molar-refractivity contribution is 6.02. The van der Waals surface area contributed by atoms with Crippen LogP contribution in [0.15, 0.2) is 23.8 Å². The SMILES string of the molecule is COc1ccc(C)cc1/C=C(\C#N)C(=O)NC1CC1. The van der Waals surface area contributed by atoms with E-state index in [1.54, 1.807) is 13.2 Å². The van der Waals surface area contributed by atoms with Gasteiger partial charge in [-0.15, -0.1) is 0 Å². The van der Waals surface area contributed by atoms with Crippen molar-refractivity contribution in [3.05, 3.63) is 34.9 Å². The zero-order valence-electron chi connectivity index (χ0n) is 11.1. The number of nitriles is 1. The van der Waals surface area contributed by atoms with E-state index in [2.05, 4.69) is 5.32 Å². The van der Waals surface area contributed by atoms with Gasteiger partial charge >= 0.3 is 0 Å². The van der Waals surface area contributed by atoms with E-state index in [1.807, 2.05) is 31.2 Å².